The SMILES string of the molecule is [C-]#[N+]c1c(-c2ccccc2)c(C#N)c(-n2c3ccccc3c3ccc4c5cc(-c6ccccc6)ccc5sc4c32)c(-c2ccccc2)c1-n1c2c(ccc3c4ccccc4oc32)c2ccc3c4ccccc4oc3c21. The molecule has 6 nitrogen and oxygen atoms in total. The van der Waals surface area contributed by atoms with E-state index in [9.17, 15) is 11.8 Å². The third-order valence-corrected chi connectivity index (χ3v) is 16.6. The van der Waals surface area contributed by atoms with Crippen LogP contribution in [0.1, 0.15) is 5.56 Å². The summed E-state index contributed by atoms with van der Waals surface area (Å²) in [4.78, 5) is 4.63. The van der Waals surface area contributed by atoms with Crippen molar-refractivity contribution in [2.45, 2.75) is 0 Å². The lowest BCUT2D eigenvalue weighted by molar-refractivity contribution is 0.669. The highest BCUT2D eigenvalue weighted by Crippen LogP contribution is 2.55. The molecule has 0 N–H and O–H groups in total. The van der Waals surface area contributed by atoms with Crippen molar-refractivity contribution in [2.75, 3.05) is 0 Å². The van der Waals surface area contributed by atoms with Crippen LogP contribution in [0.15, 0.2) is 227 Å². The third kappa shape index (κ3) is 5.70. The highest BCUT2D eigenvalue weighted by molar-refractivity contribution is 7.26. The average Bonchev–Trinajstić information content (AvgIpc) is 4.43. The molecular weight excluding hydrogens is 937 g/mol. The summed E-state index contributed by atoms with van der Waals surface area (Å²) < 4.78 is 21.0. The monoisotopic (exact) mass is 972 g/mol. The lowest BCUT2D eigenvalue weighted by Crippen LogP contribution is -2.09. The van der Waals surface area contributed by atoms with E-state index in [2.05, 4.69) is 154 Å². The first-order chi connectivity index (χ1) is 37.2. The van der Waals surface area contributed by atoms with E-state index >= 15 is 0 Å². The van der Waals surface area contributed by atoms with Crippen LogP contribution in [0.5, 0.6) is 0 Å². The second-order valence-electron chi connectivity index (χ2n) is 19.2. The molecule has 5 heterocycles. The van der Waals surface area contributed by atoms with Gasteiger partial charge in [0.15, 0.2) is 11.2 Å². The Hall–Kier alpha value is -10.2. The molecule has 0 amide bonds. The number of aromatic nitrogens is 2. The molecule has 0 aliphatic rings. The largest absolute Gasteiger partial charge is 0.454 e. The van der Waals surface area contributed by atoms with E-state index < -0.39 is 0 Å². The summed E-state index contributed by atoms with van der Waals surface area (Å²) in [6.45, 7) is 9.53. The van der Waals surface area contributed by atoms with E-state index in [1.165, 1.54) is 10.1 Å². The third-order valence-electron chi connectivity index (χ3n) is 15.4. The number of benzene rings is 11. The van der Waals surface area contributed by atoms with Gasteiger partial charge in [-0.15, -0.1) is 11.3 Å². The number of hydrogen-bond donors (Lipinski definition) is 0. The van der Waals surface area contributed by atoms with Crippen molar-refractivity contribution < 1.29 is 8.83 Å². The summed E-state index contributed by atoms with van der Waals surface area (Å²) in [6.07, 6.45) is 0. The van der Waals surface area contributed by atoms with Gasteiger partial charge in [0.25, 0.3) is 0 Å². The van der Waals surface area contributed by atoms with E-state index in [-0.39, 0.29) is 0 Å². The predicted octanol–water partition coefficient (Wildman–Crippen LogP) is 19.5. The predicted molar refractivity (Wildman–Crippen MR) is 310 cm³/mol. The van der Waals surface area contributed by atoms with Gasteiger partial charge < -0.3 is 18.0 Å². The molecule has 5 aromatic heterocycles. The standard InChI is InChI=1S/C68H36N4O2S/c1-70-60-58(40-19-7-3-8-20-40)53(38-69)61(71-54-26-14-11-23-43(54)46-32-35-51-52-37-42(39-17-5-2-6-18-39)29-36-57(52)75-68(51)64(46)71)59(41-21-9-4-10-22-41)65(60)72-62-47(30-33-49-44-24-12-15-27-55(44)73-66(49)62)48-31-34-50-45-25-13-16-28-56(45)74-67(50)63(48)72/h2-37H. The number of rotatable bonds is 5. The first-order valence-electron chi connectivity index (χ1n) is 24.9. The zero-order chi connectivity index (χ0) is 49.5. The minimum atomic E-state index is 0.335. The molecule has 16 aromatic rings. The van der Waals surface area contributed by atoms with Gasteiger partial charge in [-0.25, -0.2) is 4.85 Å². The van der Waals surface area contributed by atoms with Crippen LogP contribution in [0.4, 0.5) is 5.69 Å². The summed E-state index contributed by atoms with van der Waals surface area (Å²) >= 11 is 1.77. The number of thiophene rings is 1. The number of nitrogens with zero attached hydrogens (tertiary/aromatic N) is 4. The average molecular weight is 973 g/mol. The highest BCUT2D eigenvalue weighted by Gasteiger charge is 2.34. The molecule has 0 unspecified atom stereocenters. The zero-order valence-corrected chi connectivity index (χ0v) is 40.6. The van der Waals surface area contributed by atoms with Crippen molar-refractivity contribution in [2.24, 2.45) is 0 Å². The van der Waals surface area contributed by atoms with Crippen molar-refractivity contribution in [1.82, 2.24) is 9.13 Å². The molecule has 0 atom stereocenters. The molecule has 346 valence electrons. The van der Waals surface area contributed by atoms with E-state index in [0.29, 0.717) is 39.4 Å². The van der Waals surface area contributed by atoms with Gasteiger partial charge in [-0.3, -0.25) is 0 Å². The minimum absolute atomic E-state index is 0.335. The Labute approximate surface area is 431 Å². The molecule has 0 bridgehead atoms. The summed E-state index contributed by atoms with van der Waals surface area (Å²) in [5, 5.41) is 22.4. The Balaban J connectivity index is 1.18. The summed E-state index contributed by atoms with van der Waals surface area (Å²) in [7, 11) is 0. The molecule has 0 aliphatic heterocycles. The first kappa shape index (κ1) is 41.4. The second-order valence-corrected chi connectivity index (χ2v) is 20.3. The molecule has 0 saturated heterocycles. The van der Waals surface area contributed by atoms with Crippen molar-refractivity contribution in [1.29, 1.82) is 5.26 Å². The Morgan fingerprint density at radius 1 is 0.413 bits per heavy atom. The van der Waals surface area contributed by atoms with Gasteiger partial charge in [0.1, 0.15) is 17.2 Å². The number of fused-ring (bicyclic) bond motifs is 18. The van der Waals surface area contributed by atoms with Gasteiger partial charge in [0.2, 0.25) is 5.69 Å². The maximum atomic E-state index is 12.2. The number of para-hydroxylation sites is 3. The molecule has 0 spiro atoms. The van der Waals surface area contributed by atoms with Crippen LogP contribution >= 0.6 is 11.3 Å². The van der Waals surface area contributed by atoms with E-state index in [1.54, 1.807) is 11.3 Å². The molecule has 16 rings (SSSR count). The van der Waals surface area contributed by atoms with E-state index in [1.807, 2.05) is 84.9 Å². The van der Waals surface area contributed by atoms with Crippen molar-refractivity contribution in [3.8, 4) is 50.8 Å². The van der Waals surface area contributed by atoms with E-state index in [0.717, 1.165) is 114 Å². The van der Waals surface area contributed by atoms with Gasteiger partial charge in [0, 0.05) is 69.7 Å². The minimum Gasteiger partial charge on any atom is -0.454 e. The quantitative estimate of drug-likeness (QED) is 0.161. The van der Waals surface area contributed by atoms with Gasteiger partial charge in [-0.1, -0.05) is 176 Å². The zero-order valence-electron chi connectivity index (χ0n) is 39.8. The molecular formula is C68H36N4O2S. The van der Waals surface area contributed by atoms with Crippen LogP contribution in [0, 0.1) is 17.9 Å². The van der Waals surface area contributed by atoms with Crippen molar-refractivity contribution >= 4 is 125 Å². The van der Waals surface area contributed by atoms with Crippen LogP contribution in [-0.2, 0) is 0 Å². The number of hydrogen-bond acceptors (Lipinski definition) is 4. The molecule has 75 heavy (non-hydrogen) atoms. The normalized spacial score (nSPS) is 12.0. The summed E-state index contributed by atoms with van der Waals surface area (Å²) in [5.41, 5.74) is 13.6. The maximum absolute atomic E-state index is 12.2. The fourth-order valence-electron chi connectivity index (χ4n) is 12.2. The number of nitriles is 1. The smallest absolute Gasteiger partial charge is 0.220 e. The Morgan fingerprint density at radius 2 is 0.920 bits per heavy atom. The first-order valence-corrected chi connectivity index (χ1v) is 25.7. The Kier molecular flexibility index (Phi) is 8.65. The highest BCUT2D eigenvalue weighted by atomic mass is 32.1. The fraction of sp³-hybridized carbons (Fsp3) is 0. The molecule has 11 aromatic carbocycles. The Bertz CT molecular complexity index is 5070. The van der Waals surface area contributed by atoms with Crippen molar-refractivity contribution in [3.63, 3.8) is 0 Å². The second kappa shape index (κ2) is 15.7. The fourth-order valence-corrected chi connectivity index (χ4v) is 13.4. The van der Waals surface area contributed by atoms with Crippen molar-refractivity contribution in [3.05, 3.63) is 235 Å². The van der Waals surface area contributed by atoms with Crippen LogP contribution in [0.3, 0.4) is 0 Å². The van der Waals surface area contributed by atoms with Gasteiger partial charge >= 0.3 is 0 Å². The Morgan fingerprint density at radius 3 is 1.52 bits per heavy atom. The molecule has 0 saturated carbocycles. The van der Waals surface area contributed by atoms with Gasteiger partial charge in [-0.2, -0.15) is 5.26 Å². The maximum Gasteiger partial charge on any atom is 0.220 e. The lowest BCUT2D eigenvalue weighted by atomic mass is 9.88. The topological polar surface area (TPSA) is 64.3 Å². The molecule has 0 fully saturated rings. The van der Waals surface area contributed by atoms with E-state index in [4.69, 9.17) is 8.83 Å². The van der Waals surface area contributed by atoms with Crippen LogP contribution in [-0.4, -0.2) is 9.13 Å². The molecule has 0 aliphatic carbocycles. The van der Waals surface area contributed by atoms with Gasteiger partial charge in [-0.05, 0) is 64.7 Å². The molecule has 0 radical (unpaired) electrons. The summed E-state index contributed by atoms with van der Waals surface area (Å²) in [6, 6.07) is 78.4. The molecule has 7 heteroatoms. The van der Waals surface area contributed by atoms with Crippen LogP contribution < -0.4 is 0 Å². The van der Waals surface area contributed by atoms with Gasteiger partial charge in [0.05, 0.1) is 50.3 Å². The van der Waals surface area contributed by atoms with Crippen LogP contribution in [0.2, 0.25) is 0 Å². The number of furan rings is 2. The summed E-state index contributed by atoms with van der Waals surface area (Å²) in [5.74, 6) is 0. The van der Waals surface area contributed by atoms with Crippen LogP contribution in [0.25, 0.3) is 157 Å². The lowest BCUT2D eigenvalue weighted by Gasteiger charge is -2.25.